The van der Waals surface area contributed by atoms with Gasteiger partial charge in [-0.15, -0.1) is 11.3 Å². The molecule has 0 amide bonds. The summed E-state index contributed by atoms with van der Waals surface area (Å²) in [6, 6.07) is 8.04. The second kappa shape index (κ2) is 8.53. The first kappa shape index (κ1) is 17.3. The van der Waals surface area contributed by atoms with Crippen LogP contribution in [0, 0.1) is 6.92 Å². The van der Waals surface area contributed by atoms with Gasteiger partial charge in [0, 0.05) is 44.5 Å². The highest BCUT2D eigenvalue weighted by atomic mass is 32.1. The number of methoxy groups -OCH3 is 1. The lowest BCUT2D eigenvalue weighted by Crippen LogP contribution is -2.39. The summed E-state index contributed by atoms with van der Waals surface area (Å²) in [5, 5.41) is 6.60. The smallest absolute Gasteiger partial charge is 0.193 e. The van der Waals surface area contributed by atoms with Crippen molar-refractivity contribution in [3.63, 3.8) is 0 Å². The molecule has 0 radical (unpaired) electrons. The number of aryl methyl sites for hydroxylation is 1. The highest BCUT2D eigenvalue weighted by Crippen LogP contribution is 2.18. The van der Waals surface area contributed by atoms with Crippen LogP contribution in [0.2, 0.25) is 0 Å². The van der Waals surface area contributed by atoms with E-state index in [0.29, 0.717) is 0 Å². The molecule has 23 heavy (non-hydrogen) atoms. The second-order valence-electron chi connectivity index (χ2n) is 5.25. The molecule has 1 N–H and O–H groups in total. The Hall–Kier alpha value is -2.08. The van der Waals surface area contributed by atoms with E-state index in [1.54, 1.807) is 25.5 Å². The average Bonchev–Trinajstić information content (AvgIpc) is 2.97. The van der Waals surface area contributed by atoms with Crippen LogP contribution < -0.4 is 10.1 Å². The number of rotatable bonds is 6. The Labute approximate surface area is 142 Å². The summed E-state index contributed by atoms with van der Waals surface area (Å²) in [4.78, 5) is 10.9. The Balaban J connectivity index is 1.89. The Kier molecular flexibility index (Phi) is 6.40. The zero-order valence-corrected chi connectivity index (χ0v) is 15.0. The molecule has 1 aromatic carbocycles. The molecule has 2 rings (SSSR count). The third-order valence-corrected chi connectivity index (χ3v) is 4.33. The molecule has 1 aromatic heterocycles. The molecule has 1 heterocycles. The van der Waals surface area contributed by atoms with E-state index in [1.165, 1.54) is 0 Å². The van der Waals surface area contributed by atoms with Crippen LogP contribution in [0.1, 0.15) is 16.3 Å². The first-order valence-electron chi connectivity index (χ1n) is 7.58. The average molecular weight is 332 g/mol. The Morgan fingerprint density at radius 3 is 2.83 bits per heavy atom. The maximum atomic E-state index is 5.41. The molecule has 6 heteroatoms. The van der Waals surface area contributed by atoms with Gasteiger partial charge in [-0.05, 0) is 13.0 Å². The minimum atomic E-state index is 0.736. The number of hydrogen-bond donors (Lipinski definition) is 1. The van der Waals surface area contributed by atoms with Gasteiger partial charge in [-0.1, -0.05) is 18.2 Å². The molecule has 0 unspecified atom stereocenters. The van der Waals surface area contributed by atoms with Crippen LogP contribution in [0.4, 0.5) is 0 Å². The first-order valence-corrected chi connectivity index (χ1v) is 8.46. The van der Waals surface area contributed by atoms with E-state index in [-0.39, 0.29) is 0 Å². The van der Waals surface area contributed by atoms with Gasteiger partial charge < -0.3 is 15.0 Å². The van der Waals surface area contributed by atoms with Gasteiger partial charge in [-0.25, -0.2) is 4.98 Å². The fourth-order valence-electron chi connectivity index (χ4n) is 2.37. The standard InChI is InChI=1S/C17H24N4OS/c1-13-20-15(12-23-13)9-10-19-17(18-2)21(3)11-14-7-5-6-8-16(14)22-4/h5-8,12H,9-11H2,1-4H3,(H,18,19). The first-order chi connectivity index (χ1) is 11.1. The molecule has 0 bridgehead atoms. The van der Waals surface area contributed by atoms with Gasteiger partial charge in [-0.2, -0.15) is 0 Å². The van der Waals surface area contributed by atoms with Gasteiger partial charge in [0.1, 0.15) is 5.75 Å². The van der Waals surface area contributed by atoms with E-state index >= 15 is 0 Å². The molecule has 0 aliphatic rings. The summed E-state index contributed by atoms with van der Waals surface area (Å²) in [5.74, 6) is 1.76. The topological polar surface area (TPSA) is 49.8 Å². The van der Waals surface area contributed by atoms with Crippen molar-refractivity contribution in [2.75, 3.05) is 27.7 Å². The number of benzene rings is 1. The molecule has 0 aliphatic heterocycles. The molecule has 2 aromatic rings. The lowest BCUT2D eigenvalue weighted by molar-refractivity contribution is 0.396. The molecule has 0 saturated carbocycles. The van der Waals surface area contributed by atoms with Crippen molar-refractivity contribution in [3.8, 4) is 5.75 Å². The van der Waals surface area contributed by atoms with Gasteiger partial charge in [0.2, 0.25) is 0 Å². The molecule has 0 spiro atoms. The number of aromatic nitrogens is 1. The number of aliphatic imine (C=N–C) groups is 1. The predicted molar refractivity (Wildman–Crippen MR) is 96.4 cm³/mol. The van der Waals surface area contributed by atoms with Gasteiger partial charge in [0.25, 0.3) is 0 Å². The quantitative estimate of drug-likeness (QED) is 0.653. The summed E-state index contributed by atoms with van der Waals surface area (Å²) < 4.78 is 5.41. The minimum absolute atomic E-state index is 0.736. The van der Waals surface area contributed by atoms with Crippen LogP contribution in [-0.4, -0.2) is 43.6 Å². The number of hydrogen-bond acceptors (Lipinski definition) is 4. The van der Waals surface area contributed by atoms with E-state index in [2.05, 4.69) is 31.6 Å². The van der Waals surface area contributed by atoms with Crippen molar-refractivity contribution in [2.24, 2.45) is 4.99 Å². The zero-order valence-electron chi connectivity index (χ0n) is 14.2. The normalized spacial score (nSPS) is 11.4. The minimum Gasteiger partial charge on any atom is -0.496 e. The van der Waals surface area contributed by atoms with Crippen LogP contribution in [0.5, 0.6) is 5.75 Å². The summed E-state index contributed by atoms with van der Waals surface area (Å²) in [6.07, 6.45) is 0.895. The van der Waals surface area contributed by atoms with E-state index < -0.39 is 0 Å². The second-order valence-corrected chi connectivity index (χ2v) is 6.31. The largest absolute Gasteiger partial charge is 0.496 e. The number of ether oxygens (including phenoxy) is 1. The van der Waals surface area contributed by atoms with Crippen molar-refractivity contribution in [1.29, 1.82) is 0 Å². The molecule has 0 aliphatic carbocycles. The summed E-state index contributed by atoms with van der Waals surface area (Å²) in [7, 11) is 5.52. The van der Waals surface area contributed by atoms with Crippen LogP contribution in [0.15, 0.2) is 34.6 Å². The number of para-hydroxylation sites is 1. The Morgan fingerprint density at radius 1 is 1.39 bits per heavy atom. The van der Waals surface area contributed by atoms with Crippen molar-refractivity contribution in [1.82, 2.24) is 15.2 Å². The highest BCUT2D eigenvalue weighted by Gasteiger charge is 2.09. The number of nitrogens with zero attached hydrogens (tertiary/aromatic N) is 3. The monoisotopic (exact) mass is 332 g/mol. The lowest BCUT2D eigenvalue weighted by atomic mass is 10.2. The third-order valence-electron chi connectivity index (χ3n) is 3.50. The predicted octanol–water partition coefficient (Wildman–Crippen LogP) is 2.71. The maximum Gasteiger partial charge on any atom is 0.193 e. The van der Waals surface area contributed by atoms with E-state index in [1.807, 2.05) is 32.2 Å². The van der Waals surface area contributed by atoms with Crippen molar-refractivity contribution >= 4 is 17.3 Å². The van der Waals surface area contributed by atoms with E-state index in [4.69, 9.17) is 4.74 Å². The van der Waals surface area contributed by atoms with Crippen LogP contribution >= 0.6 is 11.3 Å². The molecular weight excluding hydrogens is 308 g/mol. The summed E-state index contributed by atoms with van der Waals surface area (Å²) in [6.45, 7) is 3.58. The van der Waals surface area contributed by atoms with E-state index in [0.717, 1.165) is 47.5 Å². The maximum absolute atomic E-state index is 5.41. The summed E-state index contributed by atoms with van der Waals surface area (Å²) in [5.41, 5.74) is 2.26. The highest BCUT2D eigenvalue weighted by molar-refractivity contribution is 7.09. The van der Waals surface area contributed by atoms with Crippen molar-refractivity contribution in [3.05, 3.63) is 45.9 Å². The molecule has 5 nitrogen and oxygen atoms in total. The number of thiazole rings is 1. The van der Waals surface area contributed by atoms with E-state index in [9.17, 15) is 0 Å². The van der Waals surface area contributed by atoms with Gasteiger partial charge >= 0.3 is 0 Å². The Morgan fingerprint density at radius 2 is 2.17 bits per heavy atom. The number of guanidine groups is 1. The van der Waals surface area contributed by atoms with Crippen LogP contribution in [0.3, 0.4) is 0 Å². The van der Waals surface area contributed by atoms with Gasteiger partial charge in [0.05, 0.1) is 17.8 Å². The van der Waals surface area contributed by atoms with Gasteiger partial charge in [0.15, 0.2) is 5.96 Å². The van der Waals surface area contributed by atoms with Crippen molar-refractivity contribution < 1.29 is 4.74 Å². The molecule has 0 atom stereocenters. The fourth-order valence-corrected chi connectivity index (χ4v) is 3.02. The Bertz CT molecular complexity index is 654. The molecular formula is C17H24N4OS. The molecule has 0 saturated heterocycles. The van der Waals surface area contributed by atoms with Crippen molar-refractivity contribution in [2.45, 2.75) is 19.9 Å². The van der Waals surface area contributed by atoms with Gasteiger partial charge in [-0.3, -0.25) is 4.99 Å². The fraction of sp³-hybridized carbons (Fsp3) is 0.412. The van der Waals surface area contributed by atoms with Crippen LogP contribution in [0.25, 0.3) is 0 Å². The third kappa shape index (κ3) is 4.96. The number of nitrogens with one attached hydrogen (secondary N) is 1. The van der Waals surface area contributed by atoms with Crippen LogP contribution in [-0.2, 0) is 13.0 Å². The zero-order chi connectivity index (χ0) is 16.7. The lowest BCUT2D eigenvalue weighted by Gasteiger charge is -2.23. The SMILES string of the molecule is CN=C(NCCc1csc(C)n1)N(C)Cc1ccccc1OC. The molecule has 0 fully saturated rings. The summed E-state index contributed by atoms with van der Waals surface area (Å²) >= 11 is 1.69. The molecule has 124 valence electrons.